The number of esters is 1. The zero-order chi connectivity index (χ0) is 12.7. The summed E-state index contributed by atoms with van der Waals surface area (Å²) in [4.78, 5) is 11.4. The number of ether oxygens (including phenoxy) is 2. The number of carbonyl (C=O) groups is 1. The largest absolute Gasteiger partial charge is 0.496 e. The molecule has 0 saturated carbocycles. The molecule has 0 fully saturated rings. The van der Waals surface area contributed by atoms with E-state index in [2.05, 4.69) is 6.58 Å². The molecule has 1 rings (SSSR count). The third-order valence-electron chi connectivity index (χ3n) is 2.43. The van der Waals surface area contributed by atoms with Crippen molar-refractivity contribution in [2.75, 3.05) is 7.11 Å². The van der Waals surface area contributed by atoms with Crippen molar-refractivity contribution in [2.24, 2.45) is 0 Å². The maximum Gasteiger partial charge on any atom is 0.306 e. The number of para-hydroxylation sites is 1. The molecule has 0 aliphatic rings. The average Bonchev–Trinajstić information content (AvgIpc) is 2.38. The van der Waals surface area contributed by atoms with Crippen molar-refractivity contribution in [1.29, 1.82) is 0 Å². The van der Waals surface area contributed by atoms with E-state index in [1.54, 1.807) is 20.1 Å². The second-order valence-electron chi connectivity index (χ2n) is 3.60. The molecule has 1 atom stereocenters. The van der Waals surface area contributed by atoms with Crippen molar-refractivity contribution in [3.63, 3.8) is 0 Å². The Balaban J connectivity index is 2.95. The van der Waals surface area contributed by atoms with E-state index >= 15 is 0 Å². The number of rotatable bonds is 6. The number of hydrogen-bond acceptors (Lipinski definition) is 3. The van der Waals surface area contributed by atoms with Crippen LogP contribution in [0.2, 0.25) is 0 Å². The Hall–Kier alpha value is -1.77. The van der Waals surface area contributed by atoms with Crippen LogP contribution in [0.3, 0.4) is 0 Å². The first-order valence-electron chi connectivity index (χ1n) is 5.66. The molecule has 1 aromatic rings. The second kappa shape index (κ2) is 6.74. The summed E-state index contributed by atoms with van der Waals surface area (Å²) in [6.45, 7) is 5.46. The fraction of sp³-hybridized carbons (Fsp3) is 0.357. The lowest BCUT2D eigenvalue weighted by atomic mass is 10.1. The molecule has 0 spiro atoms. The van der Waals surface area contributed by atoms with E-state index in [1.807, 2.05) is 24.3 Å². The zero-order valence-corrected chi connectivity index (χ0v) is 10.3. The maximum absolute atomic E-state index is 11.4. The molecule has 0 aliphatic carbocycles. The van der Waals surface area contributed by atoms with Gasteiger partial charge in [-0.3, -0.25) is 4.79 Å². The van der Waals surface area contributed by atoms with Crippen LogP contribution in [0.1, 0.15) is 31.4 Å². The summed E-state index contributed by atoms with van der Waals surface area (Å²) in [5.74, 6) is 0.506. The molecule has 3 heteroatoms. The molecule has 1 aromatic carbocycles. The minimum Gasteiger partial charge on any atom is -0.496 e. The van der Waals surface area contributed by atoms with E-state index in [4.69, 9.17) is 9.47 Å². The van der Waals surface area contributed by atoms with Gasteiger partial charge in [-0.2, -0.15) is 0 Å². The van der Waals surface area contributed by atoms with Crippen LogP contribution >= 0.6 is 0 Å². The molecule has 0 radical (unpaired) electrons. The van der Waals surface area contributed by atoms with E-state index in [0.717, 1.165) is 11.3 Å². The van der Waals surface area contributed by atoms with Crippen LogP contribution < -0.4 is 4.74 Å². The van der Waals surface area contributed by atoms with E-state index in [0.29, 0.717) is 12.8 Å². The molecular weight excluding hydrogens is 216 g/mol. The van der Waals surface area contributed by atoms with Crippen molar-refractivity contribution in [3.05, 3.63) is 42.5 Å². The molecule has 0 N–H and O–H groups in total. The lowest BCUT2D eigenvalue weighted by Gasteiger charge is -2.18. The molecule has 0 saturated heterocycles. The first kappa shape index (κ1) is 13.3. The van der Waals surface area contributed by atoms with Crippen molar-refractivity contribution >= 4 is 5.97 Å². The maximum atomic E-state index is 11.4. The summed E-state index contributed by atoms with van der Waals surface area (Å²) in [5, 5.41) is 0. The molecule has 0 aliphatic heterocycles. The predicted molar refractivity (Wildman–Crippen MR) is 66.9 cm³/mol. The molecule has 1 unspecified atom stereocenters. The monoisotopic (exact) mass is 234 g/mol. The van der Waals surface area contributed by atoms with Gasteiger partial charge < -0.3 is 9.47 Å². The standard InChI is InChI=1S/C14H18O3/c1-4-8-13(17-14(15)5-2)11-9-6-7-10-12(11)16-3/h4,6-7,9-10,13H,1,5,8H2,2-3H3. The third kappa shape index (κ3) is 3.63. The van der Waals surface area contributed by atoms with Crippen LogP contribution in [0.4, 0.5) is 0 Å². The first-order chi connectivity index (χ1) is 8.22. The predicted octanol–water partition coefficient (Wildman–Crippen LogP) is 3.27. The molecule has 3 nitrogen and oxygen atoms in total. The fourth-order valence-corrected chi connectivity index (χ4v) is 1.56. The minimum absolute atomic E-state index is 0.220. The normalized spacial score (nSPS) is 11.6. The van der Waals surface area contributed by atoms with Crippen molar-refractivity contribution < 1.29 is 14.3 Å². The van der Waals surface area contributed by atoms with Gasteiger partial charge in [0.2, 0.25) is 0 Å². The Bertz CT molecular complexity index is 385. The van der Waals surface area contributed by atoms with Gasteiger partial charge in [0.15, 0.2) is 0 Å². The van der Waals surface area contributed by atoms with E-state index in [1.165, 1.54) is 0 Å². The van der Waals surface area contributed by atoms with Crippen LogP contribution in [0.25, 0.3) is 0 Å². The van der Waals surface area contributed by atoms with Crippen LogP contribution in [0.5, 0.6) is 5.75 Å². The average molecular weight is 234 g/mol. The highest BCUT2D eigenvalue weighted by molar-refractivity contribution is 5.69. The smallest absolute Gasteiger partial charge is 0.306 e. The Labute approximate surface area is 102 Å². The molecule has 0 heterocycles. The van der Waals surface area contributed by atoms with Crippen LogP contribution in [-0.4, -0.2) is 13.1 Å². The van der Waals surface area contributed by atoms with Gasteiger partial charge in [0, 0.05) is 18.4 Å². The Morgan fingerprint density at radius 2 is 2.18 bits per heavy atom. The lowest BCUT2D eigenvalue weighted by molar-refractivity contribution is -0.149. The summed E-state index contributed by atoms with van der Waals surface area (Å²) in [5.41, 5.74) is 0.872. The summed E-state index contributed by atoms with van der Waals surface area (Å²) in [7, 11) is 1.60. The minimum atomic E-state index is -0.323. The van der Waals surface area contributed by atoms with Gasteiger partial charge in [-0.1, -0.05) is 31.2 Å². The third-order valence-corrected chi connectivity index (χ3v) is 2.43. The number of hydrogen-bond donors (Lipinski definition) is 0. The van der Waals surface area contributed by atoms with Gasteiger partial charge in [-0.25, -0.2) is 0 Å². The SMILES string of the molecule is C=CCC(OC(=O)CC)c1ccccc1OC. The van der Waals surface area contributed by atoms with Gasteiger partial charge in [-0.05, 0) is 6.07 Å². The Morgan fingerprint density at radius 1 is 1.47 bits per heavy atom. The van der Waals surface area contributed by atoms with Gasteiger partial charge in [-0.15, -0.1) is 6.58 Å². The number of carbonyl (C=O) groups excluding carboxylic acids is 1. The summed E-state index contributed by atoms with van der Waals surface area (Å²) in [6.07, 6.45) is 2.35. The highest BCUT2D eigenvalue weighted by Crippen LogP contribution is 2.30. The fourth-order valence-electron chi connectivity index (χ4n) is 1.56. The second-order valence-corrected chi connectivity index (χ2v) is 3.60. The summed E-state index contributed by atoms with van der Waals surface area (Å²) >= 11 is 0. The van der Waals surface area contributed by atoms with E-state index in [9.17, 15) is 4.79 Å². The lowest BCUT2D eigenvalue weighted by Crippen LogP contribution is -2.11. The topological polar surface area (TPSA) is 35.5 Å². The summed E-state index contributed by atoms with van der Waals surface area (Å²) < 4.78 is 10.6. The van der Waals surface area contributed by atoms with E-state index < -0.39 is 0 Å². The van der Waals surface area contributed by atoms with Gasteiger partial charge in [0.05, 0.1) is 7.11 Å². The van der Waals surface area contributed by atoms with Crippen LogP contribution in [-0.2, 0) is 9.53 Å². The van der Waals surface area contributed by atoms with Crippen LogP contribution in [0, 0.1) is 0 Å². The quantitative estimate of drug-likeness (QED) is 0.560. The molecule has 92 valence electrons. The zero-order valence-electron chi connectivity index (χ0n) is 10.3. The molecule has 17 heavy (non-hydrogen) atoms. The van der Waals surface area contributed by atoms with Gasteiger partial charge in [0.1, 0.15) is 11.9 Å². The molecular formula is C14H18O3. The van der Waals surface area contributed by atoms with E-state index in [-0.39, 0.29) is 12.1 Å². The van der Waals surface area contributed by atoms with Crippen molar-refractivity contribution in [3.8, 4) is 5.75 Å². The van der Waals surface area contributed by atoms with Crippen LogP contribution in [0.15, 0.2) is 36.9 Å². The highest BCUT2D eigenvalue weighted by atomic mass is 16.5. The van der Waals surface area contributed by atoms with Crippen molar-refractivity contribution in [2.45, 2.75) is 25.9 Å². The Kier molecular flexibility index (Phi) is 5.27. The highest BCUT2D eigenvalue weighted by Gasteiger charge is 2.18. The first-order valence-corrected chi connectivity index (χ1v) is 5.66. The number of methoxy groups -OCH3 is 1. The molecule has 0 bridgehead atoms. The van der Waals surface area contributed by atoms with Gasteiger partial charge >= 0.3 is 5.97 Å². The number of benzene rings is 1. The van der Waals surface area contributed by atoms with Gasteiger partial charge in [0.25, 0.3) is 0 Å². The Morgan fingerprint density at radius 3 is 2.76 bits per heavy atom. The molecule has 0 amide bonds. The van der Waals surface area contributed by atoms with Crippen molar-refractivity contribution in [1.82, 2.24) is 0 Å². The summed E-state index contributed by atoms with van der Waals surface area (Å²) in [6, 6.07) is 7.53. The molecule has 0 aromatic heterocycles.